The Kier molecular flexibility index (Phi) is 6.19. The van der Waals surface area contributed by atoms with Crippen molar-refractivity contribution in [3.05, 3.63) is 66.1 Å². The van der Waals surface area contributed by atoms with Gasteiger partial charge in [-0.15, -0.1) is 0 Å². The molecule has 0 fully saturated rings. The molecular weight excluding hydrogens is 344 g/mol. The van der Waals surface area contributed by atoms with Crippen LogP contribution in [0.1, 0.15) is 36.4 Å². The summed E-state index contributed by atoms with van der Waals surface area (Å²) in [7, 11) is 1.74. The number of hydrogen-bond donors (Lipinski definition) is 1. The molecule has 27 heavy (non-hydrogen) atoms. The minimum absolute atomic E-state index is 0.133. The van der Waals surface area contributed by atoms with E-state index in [1.807, 2.05) is 43.3 Å². The quantitative estimate of drug-likeness (QED) is 0.660. The van der Waals surface area contributed by atoms with Gasteiger partial charge in [-0.1, -0.05) is 42.4 Å². The van der Waals surface area contributed by atoms with Crippen LogP contribution in [-0.2, 0) is 19.5 Å². The van der Waals surface area contributed by atoms with E-state index < -0.39 is 0 Å². The van der Waals surface area contributed by atoms with Crippen LogP contribution in [0.3, 0.4) is 0 Å². The zero-order valence-electron chi connectivity index (χ0n) is 15.6. The molecule has 1 atom stereocenters. The molecule has 0 aliphatic heterocycles. The number of carbonyl (C=O) groups excluding carboxylic acids is 1. The van der Waals surface area contributed by atoms with E-state index >= 15 is 0 Å². The van der Waals surface area contributed by atoms with Crippen LogP contribution in [0.5, 0.6) is 0 Å². The molecule has 3 aromatic rings. The fourth-order valence-electron chi connectivity index (χ4n) is 2.78. The van der Waals surface area contributed by atoms with Crippen molar-refractivity contribution in [2.24, 2.45) is 0 Å². The Morgan fingerprint density at radius 3 is 2.81 bits per heavy atom. The summed E-state index contributed by atoms with van der Waals surface area (Å²) < 4.78 is 7.03. The molecule has 0 aliphatic rings. The third-order valence-electron chi connectivity index (χ3n) is 4.32. The molecule has 2 aromatic heterocycles. The van der Waals surface area contributed by atoms with Gasteiger partial charge >= 0.3 is 6.03 Å². The highest BCUT2D eigenvalue weighted by atomic mass is 16.5. The number of aryl methyl sites for hydroxylation is 2. The van der Waals surface area contributed by atoms with E-state index in [1.54, 1.807) is 23.0 Å². The molecule has 0 saturated heterocycles. The van der Waals surface area contributed by atoms with Crippen molar-refractivity contribution in [1.29, 1.82) is 0 Å². The molecule has 8 nitrogen and oxygen atoms in total. The molecule has 0 radical (unpaired) electrons. The number of benzene rings is 1. The van der Waals surface area contributed by atoms with Crippen molar-refractivity contribution in [3.63, 3.8) is 0 Å². The van der Waals surface area contributed by atoms with Gasteiger partial charge in [0.2, 0.25) is 0 Å². The molecule has 0 spiro atoms. The maximum atomic E-state index is 12.7. The normalized spacial score (nSPS) is 11.9. The number of nitrogens with one attached hydrogen (secondary N) is 1. The summed E-state index contributed by atoms with van der Waals surface area (Å²) >= 11 is 0. The van der Waals surface area contributed by atoms with E-state index in [9.17, 15) is 4.79 Å². The number of nitrogens with zero attached hydrogens (tertiary/aromatic N) is 5. The maximum absolute atomic E-state index is 12.7. The Hall–Kier alpha value is -3.16. The lowest BCUT2D eigenvalue weighted by Gasteiger charge is -2.23. The van der Waals surface area contributed by atoms with E-state index in [1.165, 1.54) is 6.33 Å². The SMILES string of the molecule is CCc1cc(CN(C)C(=O)NC(CCn2cncn2)c2ccccc2)on1. The smallest absolute Gasteiger partial charge is 0.318 e. The van der Waals surface area contributed by atoms with Crippen molar-refractivity contribution >= 4 is 6.03 Å². The van der Waals surface area contributed by atoms with Gasteiger partial charge in [0.25, 0.3) is 0 Å². The van der Waals surface area contributed by atoms with Crippen molar-refractivity contribution in [2.75, 3.05) is 7.05 Å². The number of aromatic nitrogens is 4. The summed E-state index contributed by atoms with van der Waals surface area (Å²) in [5.41, 5.74) is 1.93. The first kappa shape index (κ1) is 18.6. The number of amides is 2. The zero-order valence-corrected chi connectivity index (χ0v) is 15.6. The van der Waals surface area contributed by atoms with E-state index in [-0.39, 0.29) is 12.1 Å². The Labute approximate surface area is 158 Å². The average Bonchev–Trinajstić information content (AvgIpc) is 3.37. The molecule has 2 amide bonds. The van der Waals surface area contributed by atoms with Gasteiger partial charge in [-0.3, -0.25) is 4.68 Å². The Bertz CT molecular complexity index is 831. The van der Waals surface area contributed by atoms with Gasteiger partial charge in [-0.2, -0.15) is 5.10 Å². The molecule has 2 heterocycles. The van der Waals surface area contributed by atoms with Crippen LogP contribution in [0.15, 0.2) is 53.6 Å². The lowest BCUT2D eigenvalue weighted by molar-refractivity contribution is 0.195. The van der Waals surface area contributed by atoms with E-state index in [2.05, 4.69) is 20.6 Å². The Morgan fingerprint density at radius 1 is 1.33 bits per heavy atom. The van der Waals surface area contributed by atoms with Gasteiger partial charge in [0.15, 0.2) is 5.76 Å². The summed E-state index contributed by atoms with van der Waals surface area (Å²) in [6.07, 6.45) is 4.68. The highest BCUT2D eigenvalue weighted by molar-refractivity contribution is 5.74. The minimum Gasteiger partial charge on any atom is -0.359 e. The van der Waals surface area contributed by atoms with Gasteiger partial charge in [0, 0.05) is 19.7 Å². The summed E-state index contributed by atoms with van der Waals surface area (Å²) in [4.78, 5) is 18.2. The van der Waals surface area contributed by atoms with E-state index in [4.69, 9.17) is 4.52 Å². The molecule has 1 aromatic carbocycles. The standard InChI is InChI=1S/C19H24N6O2/c1-3-16-11-17(27-23-16)12-24(2)19(26)22-18(15-7-5-4-6-8-15)9-10-25-14-20-13-21-25/h4-8,11,13-14,18H,3,9-10,12H2,1-2H3,(H,22,26). The third-order valence-corrected chi connectivity index (χ3v) is 4.32. The monoisotopic (exact) mass is 368 g/mol. The van der Waals surface area contributed by atoms with E-state index in [0.717, 1.165) is 17.7 Å². The van der Waals surface area contributed by atoms with Crippen molar-refractivity contribution in [2.45, 2.75) is 38.9 Å². The van der Waals surface area contributed by atoms with Crippen molar-refractivity contribution in [1.82, 2.24) is 30.1 Å². The van der Waals surface area contributed by atoms with Crippen molar-refractivity contribution in [3.8, 4) is 0 Å². The minimum atomic E-state index is -0.170. The van der Waals surface area contributed by atoms with Gasteiger partial charge < -0.3 is 14.7 Å². The van der Waals surface area contributed by atoms with Crippen molar-refractivity contribution < 1.29 is 9.32 Å². The summed E-state index contributed by atoms with van der Waals surface area (Å²) in [5, 5.41) is 11.2. The molecule has 1 N–H and O–H groups in total. The Morgan fingerprint density at radius 2 is 2.15 bits per heavy atom. The lowest BCUT2D eigenvalue weighted by Crippen LogP contribution is -2.39. The highest BCUT2D eigenvalue weighted by Gasteiger charge is 2.18. The van der Waals surface area contributed by atoms with Crippen LogP contribution >= 0.6 is 0 Å². The van der Waals surface area contributed by atoms with Gasteiger partial charge in [0.05, 0.1) is 18.3 Å². The van der Waals surface area contributed by atoms with E-state index in [0.29, 0.717) is 25.3 Å². The second kappa shape index (κ2) is 8.98. The van der Waals surface area contributed by atoms with Gasteiger partial charge in [0.1, 0.15) is 12.7 Å². The van der Waals surface area contributed by atoms with Crippen LogP contribution in [0, 0.1) is 0 Å². The largest absolute Gasteiger partial charge is 0.359 e. The molecule has 3 rings (SSSR count). The zero-order chi connectivity index (χ0) is 19.1. The number of urea groups is 1. The Balaban J connectivity index is 1.63. The topological polar surface area (TPSA) is 89.1 Å². The molecule has 142 valence electrons. The number of carbonyl (C=O) groups is 1. The third kappa shape index (κ3) is 5.16. The van der Waals surface area contributed by atoms with Gasteiger partial charge in [-0.05, 0) is 18.4 Å². The summed E-state index contributed by atoms with van der Waals surface area (Å²) in [5.74, 6) is 0.670. The average molecular weight is 368 g/mol. The molecule has 0 bridgehead atoms. The predicted molar refractivity (Wildman–Crippen MR) is 99.7 cm³/mol. The fraction of sp³-hybridized carbons (Fsp3) is 0.368. The fourth-order valence-corrected chi connectivity index (χ4v) is 2.78. The number of rotatable bonds is 8. The lowest BCUT2D eigenvalue weighted by atomic mass is 10.0. The van der Waals surface area contributed by atoms with Gasteiger partial charge in [-0.25, -0.2) is 9.78 Å². The summed E-state index contributed by atoms with van der Waals surface area (Å²) in [6, 6.07) is 11.5. The van der Waals surface area contributed by atoms with Crippen LogP contribution in [0.2, 0.25) is 0 Å². The van der Waals surface area contributed by atoms with Crippen LogP contribution in [0.4, 0.5) is 4.79 Å². The van der Waals surface area contributed by atoms with Crippen LogP contribution < -0.4 is 5.32 Å². The molecular formula is C19H24N6O2. The summed E-state index contributed by atoms with van der Waals surface area (Å²) in [6.45, 7) is 3.03. The molecule has 1 unspecified atom stereocenters. The second-order valence-electron chi connectivity index (χ2n) is 6.35. The second-order valence-corrected chi connectivity index (χ2v) is 6.35. The maximum Gasteiger partial charge on any atom is 0.318 e. The van der Waals surface area contributed by atoms with Crippen LogP contribution in [-0.4, -0.2) is 37.9 Å². The first-order valence-corrected chi connectivity index (χ1v) is 8.99. The molecule has 0 saturated carbocycles. The predicted octanol–water partition coefficient (Wildman–Crippen LogP) is 2.80. The van der Waals surface area contributed by atoms with Crippen LogP contribution in [0.25, 0.3) is 0 Å². The first-order chi connectivity index (χ1) is 13.2. The first-order valence-electron chi connectivity index (χ1n) is 8.99. The molecule has 0 aliphatic carbocycles. The molecule has 8 heteroatoms. The number of hydrogen-bond acceptors (Lipinski definition) is 5. The highest BCUT2D eigenvalue weighted by Crippen LogP contribution is 2.18.